The number of hydrogen-bond acceptors (Lipinski definition) is 7. The molecule has 3 rings (SSSR count). The smallest absolute Gasteiger partial charge is 0.308 e. The fourth-order valence-corrected chi connectivity index (χ4v) is 3.81. The molecule has 0 saturated heterocycles. The summed E-state index contributed by atoms with van der Waals surface area (Å²) >= 11 is 1.32. The van der Waals surface area contributed by atoms with Crippen molar-refractivity contribution < 1.29 is 28.7 Å². The van der Waals surface area contributed by atoms with Gasteiger partial charge in [-0.1, -0.05) is 48.5 Å². The third-order valence-electron chi connectivity index (χ3n) is 4.87. The van der Waals surface area contributed by atoms with E-state index in [1.807, 2.05) is 0 Å². The number of para-hydroxylation sites is 1. The highest BCUT2D eigenvalue weighted by atomic mass is 32.1. The molecule has 1 aromatic heterocycles. The SMILES string of the molecule is O=C(CCC(=O)c1cccs1)NCCC(=O)OCC(=O)Nc1ccccc1C(=O)c1ccccc1. The number of carbonyl (C=O) groups is 5. The van der Waals surface area contributed by atoms with Gasteiger partial charge in [0.25, 0.3) is 5.91 Å². The monoisotopic (exact) mass is 492 g/mol. The van der Waals surface area contributed by atoms with E-state index < -0.39 is 18.5 Å². The van der Waals surface area contributed by atoms with E-state index in [1.54, 1.807) is 72.1 Å². The number of esters is 1. The maximum Gasteiger partial charge on any atom is 0.308 e. The van der Waals surface area contributed by atoms with Crippen molar-refractivity contribution in [2.45, 2.75) is 19.3 Å². The average Bonchev–Trinajstić information content (AvgIpc) is 3.42. The lowest BCUT2D eigenvalue weighted by Gasteiger charge is -2.11. The van der Waals surface area contributed by atoms with Crippen LogP contribution in [0.3, 0.4) is 0 Å². The number of benzene rings is 2. The van der Waals surface area contributed by atoms with E-state index >= 15 is 0 Å². The first-order valence-electron chi connectivity index (χ1n) is 10.9. The number of rotatable bonds is 12. The lowest BCUT2D eigenvalue weighted by Crippen LogP contribution is -2.28. The van der Waals surface area contributed by atoms with Crippen LogP contribution in [0.1, 0.15) is 44.9 Å². The number of thiophene rings is 1. The molecule has 0 aliphatic carbocycles. The van der Waals surface area contributed by atoms with E-state index in [0.717, 1.165) is 0 Å². The van der Waals surface area contributed by atoms with Crippen LogP contribution in [0.25, 0.3) is 0 Å². The van der Waals surface area contributed by atoms with E-state index in [9.17, 15) is 24.0 Å². The number of amides is 2. The average molecular weight is 493 g/mol. The van der Waals surface area contributed by atoms with Gasteiger partial charge in [0, 0.05) is 30.5 Å². The molecule has 2 aromatic carbocycles. The highest BCUT2D eigenvalue weighted by Gasteiger charge is 2.16. The molecule has 2 amide bonds. The zero-order chi connectivity index (χ0) is 25.0. The highest BCUT2D eigenvalue weighted by molar-refractivity contribution is 7.12. The molecular weight excluding hydrogens is 468 g/mol. The molecule has 1 heterocycles. The molecule has 0 bridgehead atoms. The van der Waals surface area contributed by atoms with Crippen LogP contribution in [0.2, 0.25) is 0 Å². The second-order valence-electron chi connectivity index (χ2n) is 7.45. The number of Topliss-reactive ketones (excluding diaryl/α,β-unsaturated/α-hetero) is 1. The molecule has 3 aromatic rings. The Morgan fingerprint density at radius 2 is 1.51 bits per heavy atom. The van der Waals surface area contributed by atoms with E-state index in [-0.39, 0.29) is 43.3 Å². The van der Waals surface area contributed by atoms with Gasteiger partial charge in [0.05, 0.1) is 17.0 Å². The minimum absolute atomic E-state index is 0.0231. The number of ketones is 2. The van der Waals surface area contributed by atoms with E-state index in [0.29, 0.717) is 21.7 Å². The van der Waals surface area contributed by atoms with Gasteiger partial charge in [0.1, 0.15) is 0 Å². The van der Waals surface area contributed by atoms with Crippen LogP contribution in [-0.4, -0.2) is 42.5 Å². The van der Waals surface area contributed by atoms with Crippen molar-refractivity contribution in [1.29, 1.82) is 0 Å². The summed E-state index contributed by atoms with van der Waals surface area (Å²) < 4.78 is 4.95. The van der Waals surface area contributed by atoms with Crippen LogP contribution in [0, 0.1) is 0 Å². The third kappa shape index (κ3) is 8.01. The van der Waals surface area contributed by atoms with Gasteiger partial charge < -0.3 is 15.4 Å². The zero-order valence-electron chi connectivity index (χ0n) is 18.8. The Labute approximate surface area is 206 Å². The van der Waals surface area contributed by atoms with E-state index in [1.165, 1.54) is 11.3 Å². The van der Waals surface area contributed by atoms with Gasteiger partial charge in [0.15, 0.2) is 18.2 Å². The molecule has 0 aliphatic rings. The van der Waals surface area contributed by atoms with E-state index in [4.69, 9.17) is 4.74 Å². The Kier molecular flexibility index (Phi) is 9.44. The quantitative estimate of drug-likeness (QED) is 0.294. The standard InChI is InChI=1S/C26H24N2O6S/c29-21(22-11-6-16-35-22)12-13-23(30)27-15-14-25(32)34-17-24(31)28-20-10-5-4-9-19(20)26(33)18-7-2-1-3-8-18/h1-11,16H,12-15,17H2,(H,27,30)(H,28,31). The molecule has 0 fully saturated rings. The Morgan fingerprint density at radius 1 is 0.771 bits per heavy atom. The van der Waals surface area contributed by atoms with Gasteiger partial charge in [-0.05, 0) is 23.6 Å². The number of anilines is 1. The van der Waals surface area contributed by atoms with Gasteiger partial charge in [-0.25, -0.2) is 0 Å². The second-order valence-corrected chi connectivity index (χ2v) is 8.40. The summed E-state index contributed by atoms with van der Waals surface area (Å²) in [4.78, 5) is 61.3. The summed E-state index contributed by atoms with van der Waals surface area (Å²) in [5.74, 6) is -1.95. The molecule has 0 radical (unpaired) electrons. The van der Waals surface area contributed by atoms with Crippen molar-refractivity contribution in [3.05, 3.63) is 88.1 Å². The number of hydrogen-bond donors (Lipinski definition) is 2. The number of ether oxygens (including phenoxy) is 1. The lowest BCUT2D eigenvalue weighted by atomic mass is 10.0. The topological polar surface area (TPSA) is 119 Å². The first-order chi connectivity index (χ1) is 16.9. The molecule has 0 atom stereocenters. The number of carbonyl (C=O) groups excluding carboxylic acids is 5. The maximum absolute atomic E-state index is 12.7. The summed E-state index contributed by atoms with van der Waals surface area (Å²) in [7, 11) is 0. The summed E-state index contributed by atoms with van der Waals surface area (Å²) in [6, 6.07) is 18.7. The Balaban J connectivity index is 1.38. The lowest BCUT2D eigenvalue weighted by molar-refractivity contribution is -0.147. The van der Waals surface area contributed by atoms with Crippen LogP contribution < -0.4 is 10.6 Å². The first kappa shape index (κ1) is 25.5. The second kappa shape index (κ2) is 13.0. The maximum atomic E-state index is 12.7. The van der Waals surface area contributed by atoms with Crippen molar-refractivity contribution in [2.75, 3.05) is 18.5 Å². The fourth-order valence-electron chi connectivity index (χ4n) is 3.12. The summed E-state index contributed by atoms with van der Waals surface area (Å²) in [5.41, 5.74) is 1.11. The van der Waals surface area contributed by atoms with Gasteiger partial charge in [-0.3, -0.25) is 24.0 Å². The Morgan fingerprint density at radius 3 is 2.26 bits per heavy atom. The summed E-state index contributed by atoms with van der Waals surface area (Å²) in [5, 5.41) is 6.94. The van der Waals surface area contributed by atoms with Gasteiger partial charge >= 0.3 is 5.97 Å². The van der Waals surface area contributed by atoms with Crippen LogP contribution in [0.5, 0.6) is 0 Å². The van der Waals surface area contributed by atoms with Gasteiger partial charge in [-0.2, -0.15) is 0 Å². The molecule has 35 heavy (non-hydrogen) atoms. The number of nitrogens with one attached hydrogen (secondary N) is 2. The summed E-state index contributed by atoms with van der Waals surface area (Å²) in [6.07, 6.45) is -0.0124. The van der Waals surface area contributed by atoms with E-state index in [2.05, 4.69) is 10.6 Å². The molecule has 0 unspecified atom stereocenters. The van der Waals surface area contributed by atoms with Gasteiger partial charge in [-0.15, -0.1) is 11.3 Å². The molecule has 180 valence electrons. The largest absolute Gasteiger partial charge is 0.456 e. The predicted octanol–water partition coefficient (Wildman–Crippen LogP) is 3.63. The third-order valence-corrected chi connectivity index (χ3v) is 5.78. The molecular formula is C26H24N2O6S. The van der Waals surface area contributed by atoms with Crippen LogP contribution in [0.15, 0.2) is 72.1 Å². The van der Waals surface area contributed by atoms with Crippen LogP contribution in [0.4, 0.5) is 5.69 Å². The van der Waals surface area contributed by atoms with Crippen molar-refractivity contribution in [3.63, 3.8) is 0 Å². The Hall–Kier alpha value is -4.11. The van der Waals surface area contributed by atoms with Crippen molar-refractivity contribution in [2.24, 2.45) is 0 Å². The molecule has 8 nitrogen and oxygen atoms in total. The zero-order valence-corrected chi connectivity index (χ0v) is 19.6. The predicted molar refractivity (Wildman–Crippen MR) is 131 cm³/mol. The molecule has 0 aliphatic heterocycles. The van der Waals surface area contributed by atoms with Crippen molar-refractivity contribution >= 4 is 46.4 Å². The van der Waals surface area contributed by atoms with Gasteiger partial charge in [0.2, 0.25) is 5.91 Å². The summed E-state index contributed by atoms with van der Waals surface area (Å²) in [6.45, 7) is -0.503. The fraction of sp³-hybridized carbons (Fsp3) is 0.192. The first-order valence-corrected chi connectivity index (χ1v) is 11.8. The molecule has 9 heteroatoms. The van der Waals surface area contributed by atoms with Crippen LogP contribution >= 0.6 is 11.3 Å². The van der Waals surface area contributed by atoms with Crippen LogP contribution in [-0.2, 0) is 19.1 Å². The highest BCUT2D eigenvalue weighted by Crippen LogP contribution is 2.19. The Bertz CT molecular complexity index is 1190. The minimum Gasteiger partial charge on any atom is -0.456 e. The normalized spacial score (nSPS) is 10.3. The molecule has 0 saturated carbocycles. The molecule has 2 N–H and O–H groups in total. The van der Waals surface area contributed by atoms with Crippen molar-refractivity contribution in [1.82, 2.24) is 5.32 Å². The minimum atomic E-state index is -0.663. The van der Waals surface area contributed by atoms with Crippen molar-refractivity contribution in [3.8, 4) is 0 Å². The molecule has 0 spiro atoms.